The second kappa shape index (κ2) is 5.61. The van der Waals surface area contributed by atoms with Gasteiger partial charge < -0.3 is 9.88 Å². The summed E-state index contributed by atoms with van der Waals surface area (Å²) in [5.41, 5.74) is 2.77. The molecule has 0 atom stereocenters. The number of amides is 1. The van der Waals surface area contributed by atoms with Crippen molar-refractivity contribution in [2.24, 2.45) is 7.05 Å². The number of hydrogen-bond donors (Lipinski definition) is 1. The minimum absolute atomic E-state index is 0.000237. The minimum atomic E-state index is 0.000237. The lowest BCUT2D eigenvalue weighted by molar-refractivity contribution is -0.120. The molecule has 0 aliphatic carbocycles. The van der Waals surface area contributed by atoms with Crippen LogP contribution in [0.15, 0.2) is 0 Å². The molecular weight excluding hydrogens is 266 g/mol. The first kappa shape index (κ1) is 13.9. The summed E-state index contributed by atoms with van der Waals surface area (Å²) in [5.74, 6) is 1.11. The fourth-order valence-electron chi connectivity index (χ4n) is 2.20. The van der Waals surface area contributed by atoms with E-state index in [0.29, 0.717) is 18.8 Å². The first-order chi connectivity index (χ1) is 9.12. The molecular formula is C12H18ClN5O. The zero-order valence-electron chi connectivity index (χ0n) is 11.4. The van der Waals surface area contributed by atoms with E-state index in [2.05, 4.69) is 15.4 Å². The number of rotatable bonds is 5. The number of hydrogen-bond acceptors (Lipinski definition) is 3. The molecule has 0 fully saturated rings. The molecule has 0 spiro atoms. The summed E-state index contributed by atoms with van der Waals surface area (Å²) in [6, 6.07) is 0. The van der Waals surface area contributed by atoms with Crippen molar-refractivity contribution < 1.29 is 4.79 Å². The van der Waals surface area contributed by atoms with Gasteiger partial charge in [0, 0.05) is 27.1 Å². The topological polar surface area (TPSA) is 64.7 Å². The molecule has 1 N–H and O–H groups in total. The lowest BCUT2D eigenvalue weighted by Gasteiger charge is -2.07. The van der Waals surface area contributed by atoms with E-state index >= 15 is 0 Å². The maximum atomic E-state index is 11.4. The standard InChI is InChI=1S/C12H18ClN5O/c1-4-8-11-12(17(3)16-8)18(9(7-13)15-11)6-5-10(19)14-2/h4-7H2,1-3H3,(H,14,19). The summed E-state index contributed by atoms with van der Waals surface area (Å²) >= 11 is 5.94. The number of alkyl halides is 1. The third-order valence-electron chi connectivity index (χ3n) is 3.17. The Hall–Kier alpha value is -1.56. The van der Waals surface area contributed by atoms with Gasteiger partial charge in [-0.15, -0.1) is 11.6 Å². The molecule has 2 heterocycles. The van der Waals surface area contributed by atoms with Crippen LogP contribution >= 0.6 is 11.6 Å². The summed E-state index contributed by atoms with van der Waals surface area (Å²) in [5, 5.41) is 7.06. The zero-order valence-corrected chi connectivity index (χ0v) is 12.2. The highest BCUT2D eigenvalue weighted by atomic mass is 35.5. The molecule has 2 aromatic rings. The first-order valence-corrected chi connectivity index (χ1v) is 6.83. The van der Waals surface area contributed by atoms with Gasteiger partial charge >= 0.3 is 0 Å². The predicted octanol–water partition coefficient (Wildman–Crippen LogP) is 1.21. The van der Waals surface area contributed by atoms with E-state index in [0.717, 1.165) is 29.1 Å². The molecule has 0 radical (unpaired) electrons. The molecule has 2 rings (SSSR count). The number of nitrogens with one attached hydrogen (secondary N) is 1. The van der Waals surface area contributed by atoms with Crippen molar-refractivity contribution in [3.8, 4) is 0 Å². The molecule has 0 unspecified atom stereocenters. The second-order valence-corrected chi connectivity index (χ2v) is 4.60. The molecule has 0 bridgehead atoms. The molecule has 104 valence electrons. The fourth-order valence-corrected chi connectivity index (χ4v) is 2.40. The molecule has 1 amide bonds. The first-order valence-electron chi connectivity index (χ1n) is 6.29. The van der Waals surface area contributed by atoms with E-state index in [1.54, 1.807) is 11.7 Å². The molecule has 7 heteroatoms. The number of aromatic nitrogens is 4. The Bertz CT molecular complexity index is 601. The second-order valence-electron chi connectivity index (χ2n) is 4.33. The summed E-state index contributed by atoms with van der Waals surface area (Å²) in [6.45, 7) is 2.60. The van der Waals surface area contributed by atoms with Crippen molar-refractivity contribution in [3.63, 3.8) is 0 Å². The Labute approximate surface area is 116 Å². The van der Waals surface area contributed by atoms with Gasteiger partial charge in [-0.3, -0.25) is 9.48 Å². The van der Waals surface area contributed by atoms with Crippen LogP contribution in [-0.2, 0) is 30.7 Å². The molecule has 0 saturated carbocycles. The van der Waals surface area contributed by atoms with Gasteiger partial charge in [0.05, 0.1) is 11.6 Å². The van der Waals surface area contributed by atoms with E-state index < -0.39 is 0 Å². The molecule has 19 heavy (non-hydrogen) atoms. The Balaban J connectivity index is 2.45. The highest BCUT2D eigenvalue weighted by Crippen LogP contribution is 2.21. The Morgan fingerprint density at radius 1 is 1.47 bits per heavy atom. The molecule has 0 aliphatic heterocycles. The van der Waals surface area contributed by atoms with Gasteiger partial charge in [-0.2, -0.15) is 5.10 Å². The van der Waals surface area contributed by atoms with Gasteiger partial charge in [0.1, 0.15) is 11.3 Å². The SMILES string of the molecule is CCc1nn(C)c2c1nc(CCl)n2CCC(=O)NC. The number of carbonyl (C=O) groups is 1. The van der Waals surface area contributed by atoms with Crippen LogP contribution in [0.4, 0.5) is 0 Å². The van der Waals surface area contributed by atoms with Crippen molar-refractivity contribution in [2.45, 2.75) is 32.2 Å². The fraction of sp³-hybridized carbons (Fsp3) is 0.583. The van der Waals surface area contributed by atoms with E-state index in [-0.39, 0.29) is 5.91 Å². The van der Waals surface area contributed by atoms with Crippen molar-refractivity contribution >= 4 is 28.7 Å². The van der Waals surface area contributed by atoms with Crippen LogP contribution < -0.4 is 5.32 Å². The zero-order chi connectivity index (χ0) is 14.0. The van der Waals surface area contributed by atoms with Crippen molar-refractivity contribution in [3.05, 3.63) is 11.5 Å². The highest BCUT2D eigenvalue weighted by molar-refractivity contribution is 6.16. The number of imidazole rings is 1. The van der Waals surface area contributed by atoms with Crippen LogP contribution in [0.3, 0.4) is 0 Å². The quantitative estimate of drug-likeness (QED) is 0.839. The number of aryl methyl sites for hydroxylation is 3. The van der Waals surface area contributed by atoms with Gasteiger partial charge in [0.2, 0.25) is 5.91 Å². The van der Waals surface area contributed by atoms with Crippen LogP contribution in [0.25, 0.3) is 11.2 Å². The average Bonchev–Trinajstić information content (AvgIpc) is 2.93. The molecule has 6 nitrogen and oxygen atoms in total. The molecule has 0 saturated heterocycles. The van der Waals surface area contributed by atoms with Crippen LogP contribution in [0.1, 0.15) is 24.9 Å². The normalized spacial score (nSPS) is 11.2. The molecule has 0 aromatic carbocycles. The third kappa shape index (κ3) is 2.45. The third-order valence-corrected chi connectivity index (χ3v) is 3.41. The van der Waals surface area contributed by atoms with Crippen LogP contribution in [0.5, 0.6) is 0 Å². The number of nitrogens with zero attached hydrogens (tertiary/aromatic N) is 4. The Morgan fingerprint density at radius 2 is 2.21 bits per heavy atom. The lowest BCUT2D eigenvalue weighted by Crippen LogP contribution is -2.20. The van der Waals surface area contributed by atoms with Crippen LogP contribution in [0, 0.1) is 0 Å². The summed E-state index contributed by atoms with van der Waals surface area (Å²) in [4.78, 5) is 15.9. The number of fused-ring (bicyclic) bond motifs is 1. The summed E-state index contributed by atoms with van der Waals surface area (Å²) < 4.78 is 3.78. The van der Waals surface area contributed by atoms with Gasteiger partial charge in [-0.05, 0) is 6.42 Å². The summed E-state index contributed by atoms with van der Waals surface area (Å²) in [6.07, 6.45) is 1.23. The van der Waals surface area contributed by atoms with E-state index in [1.165, 1.54) is 0 Å². The van der Waals surface area contributed by atoms with Gasteiger partial charge in [-0.25, -0.2) is 4.98 Å². The Morgan fingerprint density at radius 3 is 2.79 bits per heavy atom. The molecule has 0 aliphatic rings. The van der Waals surface area contributed by atoms with Gasteiger partial charge in [-0.1, -0.05) is 6.92 Å². The predicted molar refractivity (Wildman–Crippen MR) is 74.1 cm³/mol. The largest absolute Gasteiger partial charge is 0.359 e. The number of carbonyl (C=O) groups excluding carboxylic acids is 1. The highest BCUT2D eigenvalue weighted by Gasteiger charge is 2.18. The lowest BCUT2D eigenvalue weighted by atomic mass is 10.3. The van der Waals surface area contributed by atoms with E-state index in [4.69, 9.17) is 11.6 Å². The van der Waals surface area contributed by atoms with E-state index in [9.17, 15) is 4.79 Å². The summed E-state index contributed by atoms with van der Waals surface area (Å²) in [7, 11) is 3.52. The smallest absolute Gasteiger partial charge is 0.221 e. The van der Waals surface area contributed by atoms with Crippen LogP contribution in [-0.4, -0.2) is 32.3 Å². The van der Waals surface area contributed by atoms with Crippen molar-refractivity contribution in [1.29, 1.82) is 0 Å². The minimum Gasteiger partial charge on any atom is -0.359 e. The van der Waals surface area contributed by atoms with Crippen molar-refractivity contribution in [2.75, 3.05) is 7.05 Å². The maximum absolute atomic E-state index is 11.4. The maximum Gasteiger partial charge on any atom is 0.221 e. The van der Waals surface area contributed by atoms with Gasteiger partial charge in [0.25, 0.3) is 0 Å². The van der Waals surface area contributed by atoms with Gasteiger partial charge in [0.15, 0.2) is 5.65 Å². The van der Waals surface area contributed by atoms with E-state index in [1.807, 2.05) is 18.5 Å². The Kier molecular flexibility index (Phi) is 4.09. The monoisotopic (exact) mass is 283 g/mol. The average molecular weight is 284 g/mol. The van der Waals surface area contributed by atoms with Crippen LogP contribution in [0.2, 0.25) is 0 Å². The van der Waals surface area contributed by atoms with Crippen molar-refractivity contribution in [1.82, 2.24) is 24.6 Å². The number of halogens is 1. The molecule has 2 aromatic heterocycles.